The van der Waals surface area contributed by atoms with Crippen molar-refractivity contribution in [1.82, 2.24) is 25.1 Å². The summed E-state index contributed by atoms with van der Waals surface area (Å²) in [5, 5.41) is 12.6. The number of carbonyl (C=O) groups excluding carboxylic acids is 1. The maximum atomic E-state index is 13.9. The monoisotopic (exact) mass is 469 g/mol. The minimum absolute atomic E-state index is 0.0419. The van der Waals surface area contributed by atoms with Crippen LogP contribution in [0.2, 0.25) is 0 Å². The number of benzene rings is 2. The lowest BCUT2D eigenvalue weighted by molar-refractivity contribution is -0.121. The van der Waals surface area contributed by atoms with Gasteiger partial charge in [-0.1, -0.05) is 37.7 Å². The number of aromatic nitrogens is 4. The highest BCUT2D eigenvalue weighted by Crippen LogP contribution is 2.29. The Morgan fingerprint density at radius 1 is 1.09 bits per heavy atom. The zero-order valence-electron chi connectivity index (χ0n) is 18.5. The van der Waals surface area contributed by atoms with Crippen LogP contribution in [0.4, 0.5) is 8.78 Å². The first-order chi connectivity index (χ1) is 15.9. The van der Waals surface area contributed by atoms with Gasteiger partial charge in [-0.15, -0.1) is 10.2 Å². The van der Waals surface area contributed by atoms with Crippen LogP contribution in [-0.4, -0.2) is 38.0 Å². The molecule has 0 bridgehead atoms. The van der Waals surface area contributed by atoms with Gasteiger partial charge in [0.15, 0.2) is 5.65 Å². The Balaban J connectivity index is 1.55. The number of hydrogen-bond donors (Lipinski definition) is 1. The van der Waals surface area contributed by atoms with Gasteiger partial charge in [-0.05, 0) is 48.2 Å². The normalized spacial score (nSPS) is 11.5. The number of nitrogens with zero attached hydrogens (tertiary/aromatic N) is 4. The number of hydrogen-bond acceptors (Lipinski definition) is 5. The number of thioether (sulfide) groups is 1. The lowest BCUT2D eigenvalue weighted by atomic mass is 10.2. The Morgan fingerprint density at radius 2 is 1.85 bits per heavy atom. The van der Waals surface area contributed by atoms with E-state index < -0.39 is 0 Å². The largest absolute Gasteiger partial charge is 0.356 e. The highest BCUT2D eigenvalue weighted by atomic mass is 32.2. The molecular formula is C24H25F2N5OS. The summed E-state index contributed by atoms with van der Waals surface area (Å²) in [5.41, 5.74) is 2.78. The predicted octanol–water partition coefficient (Wildman–Crippen LogP) is 4.95. The SMILES string of the molecule is CC(C)CNC(=O)CCCSc1nnc2c3cc(F)ccc3n(Cc3ccc(F)cc3)c2n1. The second kappa shape index (κ2) is 10.2. The molecule has 33 heavy (non-hydrogen) atoms. The lowest BCUT2D eigenvalue weighted by Gasteiger charge is -2.08. The molecule has 0 aliphatic carbocycles. The summed E-state index contributed by atoms with van der Waals surface area (Å²) in [4.78, 5) is 16.6. The molecule has 0 saturated heterocycles. The molecule has 2 aromatic heterocycles. The van der Waals surface area contributed by atoms with E-state index in [1.54, 1.807) is 18.2 Å². The summed E-state index contributed by atoms with van der Waals surface area (Å²) >= 11 is 1.43. The van der Waals surface area contributed by atoms with Gasteiger partial charge in [-0.25, -0.2) is 13.8 Å². The average molecular weight is 470 g/mol. The van der Waals surface area contributed by atoms with Gasteiger partial charge in [-0.3, -0.25) is 4.79 Å². The Labute approximate surface area is 194 Å². The molecule has 6 nitrogen and oxygen atoms in total. The van der Waals surface area contributed by atoms with E-state index in [1.165, 1.54) is 36.0 Å². The van der Waals surface area contributed by atoms with Crippen molar-refractivity contribution in [3.05, 3.63) is 59.7 Å². The number of halogens is 2. The Morgan fingerprint density at radius 3 is 2.61 bits per heavy atom. The molecule has 0 unspecified atom stereocenters. The first-order valence-electron chi connectivity index (χ1n) is 10.9. The molecule has 0 saturated carbocycles. The van der Waals surface area contributed by atoms with E-state index in [-0.39, 0.29) is 17.5 Å². The van der Waals surface area contributed by atoms with Gasteiger partial charge in [0.05, 0.1) is 5.52 Å². The minimum atomic E-state index is -0.362. The van der Waals surface area contributed by atoms with Gasteiger partial charge in [0.25, 0.3) is 0 Å². The number of fused-ring (bicyclic) bond motifs is 3. The number of rotatable bonds is 9. The van der Waals surface area contributed by atoms with Crippen LogP contribution >= 0.6 is 11.8 Å². The molecule has 0 atom stereocenters. The van der Waals surface area contributed by atoms with Crippen molar-refractivity contribution in [2.24, 2.45) is 5.92 Å². The van der Waals surface area contributed by atoms with E-state index in [4.69, 9.17) is 0 Å². The van der Waals surface area contributed by atoms with Crippen LogP contribution in [0.25, 0.3) is 22.1 Å². The van der Waals surface area contributed by atoms with E-state index >= 15 is 0 Å². The fourth-order valence-corrected chi connectivity index (χ4v) is 4.23. The molecule has 0 radical (unpaired) electrons. The molecule has 1 amide bonds. The molecule has 0 aliphatic rings. The Hall–Kier alpha value is -3.07. The number of amides is 1. The van der Waals surface area contributed by atoms with Crippen molar-refractivity contribution in [2.45, 2.75) is 38.4 Å². The van der Waals surface area contributed by atoms with Crippen molar-refractivity contribution >= 4 is 39.7 Å². The summed E-state index contributed by atoms with van der Waals surface area (Å²) in [6.07, 6.45) is 1.14. The zero-order valence-corrected chi connectivity index (χ0v) is 19.3. The molecule has 1 N–H and O–H groups in total. The fourth-order valence-electron chi connectivity index (χ4n) is 3.51. The average Bonchev–Trinajstić information content (AvgIpc) is 3.09. The molecular weight excluding hydrogens is 444 g/mol. The smallest absolute Gasteiger partial charge is 0.220 e. The first-order valence-corrected chi connectivity index (χ1v) is 11.9. The second-order valence-corrected chi connectivity index (χ2v) is 9.35. The number of carbonyl (C=O) groups is 1. The quantitative estimate of drug-likeness (QED) is 0.277. The summed E-state index contributed by atoms with van der Waals surface area (Å²) in [6, 6.07) is 10.8. The van der Waals surface area contributed by atoms with Gasteiger partial charge in [0, 0.05) is 30.6 Å². The lowest BCUT2D eigenvalue weighted by Crippen LogP contribution is -2.27. The third-order valence-corrected chi connectivity index (χ3v) is 6.07. The summed E-state index contributed by atoms with van der Waals surface area (Å²) in [7, 11) is 0. The van der Waals surface area contributed by atoms with Crippen LogP contribution in [0.15, 0.2) is 47.6 Å². The summed E-state index contributed by atoms with van der Waals surface area (Å²) < 4.78 is 29.2. The summed E-state index contributed by atoms with van der Waals surface area (Å²) in [6.45, 7) is 5.22. The molecule has 2 aromatic carbocycles. The Kier molecular flexibility index (Phi) is 7.17. The van der Waals surface area contributed by atoms with Crippen LogP contribution in [-0.2, 0) is 11.3 Å². The minimum Gasteiger partial charge on any atom is -0.356 e. The van der Waals surface area contributed by atoms with Crippen LogP contribution in [0, 0.1) is 17.6 Å². The topological polar surface area (TPSA) is 72.7 Å². The third-order valence-electron chi connectivity index (χ3n) is 5.15. The van der Waals surface area contributed by atoms with E-state index in [1.807, 2.05) is 4.57 Å². The van der Waals surface area contributed by atoms with Crippen LogP contribution in [0.3, 0.4) is 0 Å². The molecule has 0 aliphatic heterocycles. The van der Waals surface area contributed by atoms with Crippen LogP contribution in [0.5, 0.6) is 0 Å². The fraction of sp³-hybridized carbons (Fsp3) is 0.333. The van der Waals surface area contributed by atoms with Gasteiger partial charge < -0.3 is 9.88 Å². The standard InChI is InChI=1S/C24H25F2N5OS/c1-15(2)13-27-21(32)4-3-11-33-24-28-23-22(29-30-24)19-12-18(26)9-10-20(19)31(23)14-16-5-7-17(25)8-6-16/h5-10,12,15H,3-4,11,13-14H2,1-2H3,(H,27,32). The van der Waals surface area contributed by atoms with Crippen LogP contribution in [0.1, 0.15) is 32.3 Å². The van der Waals surface area contributed by atoms with Gasteiger partial charge in [-0.2, -0.15) is 0 Å². The van der Waals surface area contributed by atoms with E-state index in [0.717, 1.165) is 11.1 Å². The molecule has 0 fully saturated rings. The third kappa shape index (κ3) is 5.65. The summed E-state index contributed by atoms with van der Waals surface area (Å²) in [5.74, 6) is 0.475. The molecule has 9 heteroatoms. The van der Waals surface area contributed by atoms with E-state index in [0.29, 0.717) is 59.3 Å². The second-order valence-electron chi connectivity index (χ2n) is 8.29. The van der Waals surface area contributed by atoms with Crippen molar-refractivity contribution in [1.29, 1.82) is 0 Å². The number of nitrogens with one attached hydrogen (secondary N) is 1. The van der Waals surface area contributed by atoms with E-state index in [9.17, 15) is 13.6 Å². The molecule has 4 aromatic rings. The van der Waals surface area contributed by atoms with Gasteiger partial charge in [0.2, 0.25) is 11.1 Å². The maximum absolute atomic E-state index is 13.9. The first kappa shape index (κ1) is 23.1. The Bertz CT molecular complexity index is 1270. The molecule has 2 heterocycles. The van der Waals surface area contributed by atoms with Crippen LogP contribution < -0.4 is 5.32 Å². The van der Waals surface area contributed by atoms with Crippen molar-refractivity contribution < 1.29 is 13.6 Å². The predicted molar refractivity (Wildman–Crippen MR) is 126 cm³/mol. The van der Waals surface area contributed by atoms with Crippen molar-refractivity contribution in [2.75, 3.05) is 12.3 Å². The van der Waals surface area contributed by atoms with Crippen molar-refractivity contribution in [3.8, 4) is 0 Å². The molecule has 4 rings (SSSR count). The maximum Gasteiger partial charge on any atom is 0.220 e. The van der Waals surface area contributed by atoms with Gasteiger partial charge >= 0.3 is 0 Å². The van der Waals surface area contributed by atoms with Gasteiger partial charge in [0.1, 0.15) is 17.2 Å². The highest BCUT2D eigenvalue weighted by molar-refractivity contribution is 7.99. The highest BCUT2D eigenvalue weighted by Gasteiger charge is 2.16. The van der Waals surface area contributed by atoms with Crippen molar-refractivity contribution in [3.63, 3.8) is 0 Å². The zero-order chi connectivity index (χ0) is 23.4. The molecule has 0 spiro atoms. The van der Waals surface area contributed by atoms with E-state index in [2.05, 4.69) is 34.3 Å². The molecule has 172 valence electrons.